The van der Waals surface area contributed by atoms with E-state index in [0.717, 1.165) is 16.9 Å². The first-order chi connectivity index (χ1) is 10.4. The van der Waals surface area contributed by atoms with Crippen LogP contribution in [0.25, 0.3) is 0 Å². The molecule has 116 valence electrons. The highest BCUT2D eigenvalue weighted by Gasteiger charge is 2.09. The minimum atomic E-state index is -0.361. The third-order valence-corrected chi connectivity index (χ3v) is 3.08. The maximum atomic E-state index is 12.2. The number of carbonyl (C=O) groups excluding carboxylic acids is 1. The average molecular weight is 298 g/mol. The van der Waals surface area contributed by atoms with Crippen LogP contribution >= 0.6 is 0 Å². The molecular formula is C19H22O3. The third kappa shape index (κ3) is 4.62. The molecule has 0 saturated heterocycles. The molecule has 0 aliphatic carbocycles. The van der Waals surface area contributed by atoms with Crippen LogP contribution in [-0.2, 0) is 0 Å². The maximum absolute atomic E-state index is 12.2. The molecule has 3 nitrogen and oxygen atoms in total. The fourth-order valence-electron chi connectivity index (χ4n) is 2.11. The van der Waals surface area contributed by atoms with Gasteiger partial charge in [-0.25, -0.2) is 4.79 Å². The van der Waals surface area contributed by atoms with E-state index in [2.05, 4.69) is 13.8 Å². The summed E-state index contributed by atoms with van der Waals surface area (Å²) in [6.45, 7) is 8.80. The lowest BCUT2D eigenvalue weighted by Crippen LogP contribution is -2.09. The monoisotopic (exact) mass is 298 g/mol. The van der Waals surface area contributed by atoms with Gasteiger partial charge in [-0.1, -0.05) is 19.9 Å². The number of hydrogen-bond donors (Lipinski definition) is 0. The summed E-state index contributed by atoms with van der Waals surface area (Å²) < 4.78 is 11.0. The lowest BCUT2D eigenvalue weighted by atomic mass is 10.1. The van der Waals surface area contributed by atoms with Crippen molar-refractivity contribution in [3.8, 4) is 11.5 Å². The lowest BCUT2D eigenvalue weighted by molar-refractivity contribution is 0.0734. The van der Waals surface area contributed by atoms with Crippen LogP contribution in [0.3, 0.4) is 0 Å². The minimum Gasteiger partial charge on any atom is -0.493 e. The highest BCUT2D eigenvalue weighted by atomic mass is 16.5. The molecule has 0 spiro atoms. The SMILES string of the molecule is Cc1cc(C)cc(OC(=O)c2ccc(OCC(C)C)cc2)c1. The molecule has 0 radical (unpaired) electrons. The first-order valence-electron chi connectivity index (χ1n) is 7.47. The van der Waals surface area contributed by atoms with Gasteiger partial charge in [-0.15, -0.1) is 0 Å². The quantitative estimate of drug-likeness (QED) is 0.599. The molecule has 0 saturated carbocycles. The van der Waals surface area contributed by atoms with Crippen LogP contribution < -0.4 is 9.47 Å². The Morgan fingerprint density at radius 1 is 0.955 bits per heavy atom. The van der Waals surface area contributed by atoms with Gasteiger partial charge in [0, 0.05) is 0 Å². The molecule has 3 heteroatoms. The molecule has 2 rings (SSSR count). The molecule has 0 unspecified atom stereocenters. The third-order valence-electron chi connectivity index (χ3n) is 3.08. The number of hydrogen-bond acceptors (Lipinski definition) is 3. The molecule has 0 aliphatic heterocycles. The van der Waals surface area contributed by atoms with E-state index in [1.165, 1.54) is 0 Å². The topological polar surface area (TPSA) is 35.5 Å². The summed E-state index contributed by atoms with van der Waals surface area (Å²) in [6, 6.07) is 12.8. The molecule has 0 aromatic heterocycles. The predicted molar refractivity (Wildman–Crippen MR) is 87.6 cm³/mol. The summed E-state index contributed by atoms with van der Waals surface area (Å²) in [5.41, 5.74) is 2.65. The van der Waals surface area contributed by atoms with E-state index in [1.54, 1.807) is 24.3 Å². The molecule has 0 atom stereocenters. The van der Waals surface area contributed by atoms with Crippen LogP contribution in [-0.4, -0.2) is 12.6 Å². The fraction of sp³-hybridized carbons (Fsp3) is 0.316. The summed E-state index contributed by atoms with van der Waals surface area (Å²) in [5, 5.41) is 0. The molecule has 0 N–H and O–H groups in total. The first kappa shape index (κ1) is 16.1. The Bertz CT molecular complexity index is 622. The van der Waals surface area contributed by atoms with Crippen LogP contribution in [0.2, 0.25) is 0 Å². The number of ether oxygens (including phenoxy) is 2. The summed E-state index contributed by atoms with van der Waals surface area (Å²) in [4.78, 5) is 12.2. The van der Waals surface area contributed by atoms with E-state index in [1.807, 2.05) is 32.0 Å². The van der Waals surface area contributed by atoms with Crippen LogP contribution in [0.4, 0.5) is 0 Å². The van der Waals surface area contributed by atoms with Gasteiger partial charge < -0.3 is 9.47 Å². The number of benzene rings is 2. The maximum Gasteiger partial charge on any atom is 0.343 e. The molecule has 0 bridgehead atoms. The second-order valence-corrected chi connectivity index (χ2v) is 5.94. The van der Waals surface area contributed by atoms with Gasteiger partial charge in [0.25, 0.3) is 0 Å². The van der Waals surface area contributed by atoms with Gasteiger partial charge in [-0.2, -0.15) is 0 Å². The van der Waals surface area contributed by atoms with Crippen molar-refractivity contribution in [3.05, 3.63) is 59.2 Å². The molecule has 22 heavy (non-hydrogen) atoms. The van der Waals surface area contributed by atoms with Crippen molar-refractivity contribution in [2.75, 3.05) is 6.61 Å². The molecule has 0 fully saturated rings. The Labute approximate surface area is 131 Å². The van der Waals surface area contributed by atoms with E-state index < -0.39 is 0 Å². The van der Waals surface area contributed by atoms with Gasteiger partial charge in [0.2, 0.25) is 0 Å². The predicted octanol–water partition coefficient (Wildman–Crippen LogP) is 4.56. The number of aryl methyl sites for hydroxylation is 2. The molecule has 0 amide bonds. The Hall–Kier alpha value is -2.29. The minimum absolute atomic E-state index is 0.361. The normalized spacial score (nSPS) is 10.6. The largest absolute Gasteiger partial charge is 0.493 e. The van der Waals surface area contributed by atoms with Gasteiger partial charge in [-0.05, 0) is 67.3 Å². The molecule has 0 aliphatic rings. The van der Waals surface area contributed by atoms with Crippen molar-refractivity contribution >= 4 is 5.97 Å². The van der Waals surface area contributed by atoms with Crippen LogP contribution in [0.5, 0.6) is 11.5 Å². The van der Waals surface area contributed by atoms with Crippen LogP contribution in [0, 0.1) is 19.8 Å². The molecule has 2 aromatic rings. The standard InChI is InChI=1S/C19H22O3/c1-13(2)12-21-17-7-5-16(6-8-17)19(20)22-18-10-14(3)9-15(4)11-18/h5-11,13H,12H2,1-4H3. The van der Waals surface area contributed by atoms with Crippen molar-refractivity contribution in [1.82, 2.24) is 0 Å². The number of carbonyl (C=O) groups is 1. The fourth-order valence-corrected chi connectivity index (χ4v) is 2.11. The summed E-state index contributed by atoms with van der Waals surface area (Å²) in [7, 11) is 0. The zero-order valence-corrected chi connectivity index (χ0v) is 13.6. The highest BCUT2D eigenvalue weighted by Crippen LogP contribution is 2.19. The lowest BCUT2D eigenvalue weighted by Gasteiger charge is -2.09. The Balaban J connectivity index is 2.03. The first-order valence-corrected chi connectivity index (χ1v) is 7.47. The molecule has 2 aromatic carbocycles. The summed E-state index contributed by atoms with van der Waals surface area (Å²) in [5.74, 6) is 1.44. The molecular weight excluding hydrogens is 276 g/mol. The Morgan fingerprint density at radius 2 is 1.55 bits per heavy atom. The van der Waals surface area contributed by atoms with E-state index in [9.17, 15) is 4.79 Å². The van der Waals surface area contributed by atoms with Crippen LogP contribution in [0.15, 0.2) is 42.5 Å². The zero-order valence-electron chi connectivity index (χ0n) is 13.6. The van der Waals surface area contributed by atoms with E-state index in [-0.39, 0.29) is 5.97 Å². The van der Waals surface area contributed by atoms with Crippen LogP contribution in [0.1, 0.15) is 35.3 Å². The highest BCUT2D eigenvalue weighted by molar-refractivity contribution is 5.91. The van der Waals surface area contributed by atoms with Gasteiger partial charge in [0.05, 0.1) is 12.2 Å². The van der Waals surface area contributed by atoms with E-state index >= 15 is 0 Å². The Kier molecular flexibility index (Phi) is 5.21. The second-order valence-electron chi connectivity index (χ2n) is 5.94. The zero-order chi connectivity index (χ0) is 16.1. The van der Waals surface area contributed by atoms with Crippen molar-refractivity contribution in [2.24, 2.45) is 5.92 Å². The summed E-state index contributed by atoms with van der Waals surface area (Å²) in [6.07, 6.45) is 0. The van der Waals surface area contributed by atoms with Gasteiger partial charge in [0.1, 0.15) is 11.5 Å². The van der Waals surface area contributed by atoms with Gasteiger partial charge >= 0.3 is 5.97 Å². The summed E-state index contributed by atoms with van der Waals surface area (Å²) >= 11 is 0. The van der Waals surface area contributed by atoms with Crippen molar-refractivity contribution in [3.63, 3.8) is 0 Å². The van der Waals surface area contributed by atoms with E-state index in [4.69, 9.17) is 9.47 Å². The van der Waals surface area contributed by atoms with Gasteiger partial charge in [0.15, 0.2) is 0 Å². The number of esters is 1. The smallest absolute Gasteiger partial charge is 0.343 e. The van der Waals surface area contributed by atoms with E-state index in [0.29, 0.717) is 23.8 Å². The Morgan fingerprint density at radius 3 is 2.09 bits per heavy atom. The van der Waals surface area contributed by atoms with Crippen molar-refractivity contribution < 1.29 is 14.3 Å². The second kappa shape index (κ2) is 7.12. The molecule has 0 heterocycles. The average Bonchev–Trinajstić information content (AvgIpc) is 2.44. The number of rotatable bonds is 5. The van der Waals surface area contributed by atoms with Gasteiger partial charge in [-0.3, -0.25) is 0 Å². The van der Waals surface area contributed by atoms with Crippen molar-refractivity contribution in [1.29, 1.82) is 0 Å². The van der Waals surface area contributed by atoms with Crippen molar-refractivity contribution in [2.45, 2.75) is 27.7 Å².